The third-order valence-electron chi connectivity index (χ3n) is 1.02. The second-order valence-electron chi connectivity index (χ2n) is 2.40. The Bertz CT molecular complexity index is 66.6. The molecule has 0 aromatic carbocycles. The summed E-state index contributed by atoms with van der Waals surface area (Å²) in [5.74, 6) is 0. The topological polar surface area (TPSA) is 44.5 Å². The van der Waals surface area contributed by atoms with Crippen molar-refractivity contribution < 1.29 is 9.47 Å². The van der Waals surface area contributed by atoms with E-state index in [4.69, 9.17) is 15.2 Å². The van der Waals surface area contributed by atoms with E-state index in [1.807, 2.05) is 6.92 Å². The lowest BCUT2D eigenvalue weighted by Crippen LogP contribution is -2.22. The summed E-state index contributed by atoms with van der Waals surface area (Å²) in [6, 6.07) is 0.141. The summed E-state index contributed by atoms with van der Waals surface area (Å²) in [7, 11) is 1.69. The highest BCUT2D eigenvalue weighted by atomic mass is 16.5. The van der Waals surface area contributed by atoms with Gasteiger partial charge in [-0.2, -0.15) is 0 Å². The predicted molar refractivity (Wildman–Crippen MR) is 41.0 cm³/mol. The second-order valence-corrected chi connectivity index (χ2v) is 2.40. The predicted octanol–water partition coefficient (Wildman–Crippen LogP) is 0.387. The van der Waals surface area contributed by atoms with Gasteiger partial charge in [0.05, 0.1) is 6.61 Å². The van der Waals surface area contributed by atoms with Crippen molar-refractivity contribution in [2.24, 2.45) is 5.73 Å². The molecule has 0 aromatic heterocycles. The molecule has 0 aliphatic carbocycles. The van der Waals surface area contributed by atoms with Crippen LogP contribution in [0.4, 0.5) is 0 Å². The van der Waals surface area contributed by atoms with Gasteiger partial charge in [0.1, 0.15) is 0 Å². The van der Waals surface area contributed by atoms with Crippen LogP contribution in [-0.4, -0.2) is 33.0 Å². The van der Waals surface area contributed by atoms with E-state index >= 15 is 0 Å². The van der Waals surface area contributed by atoms with Crippen molar-refractivity contribution in [2.45, 2.75) is 19.4 Å². The van der Waals surface area contributed by atoms with Gasteiger partial charge < -0.3 is 15.2 Å². The largest absolute Gasteiger partial charge is 0.385 e. The summed E-state index contributed by atoms with van der Waals surface area (Å²) in [4.78, 5) is 0. The molecule has 0 radical (unpaired) electrons. The van der Waals surface area contributed by atoms with Gasteiger partial charge in [0.15, 0.2) is 0 Å². The molecular formula is C7H17NO2. The van der Waals surface area contributed by atoms with E-state index in [-0.39, 0.29) is 6.04 Å². The zero-order valence-corrected chi connectivity index (χ0v) is 6.80. The van der Waals surface area contributed by atoms with E-state index in [1.54, 1.807) is 7.11 Å². The Hall–Kier alpha value is -0.120. The quantitative estimate of drug-likeness (QED) is 0.553. The summed E-state index contributed by atoms with van der Waals surface area (Å²) < 4.78 is 10.0. The van der Waals surface area contributed by atoms with Crippen LogP contribution in [0.25, 0.3) is 0 Å². The number of hydrogen-bond acceptors (Lipinski definition) is 3. The molecule has 2 N–H and O–H groups in total. The molecule has 0 bridgehead atoms. The van der Waals surface area contributed by atoms with Gasteiger partial charge in [-0.05, 0) is 13.3 Å². The van der Waals surface area contributed by atoms with Gasteiger partial charge in [0, 0.05) is 26.4 Å². The fourth-order valence-corrected chi connectivity index (χ4v) is 0.575. The SMILES string of the molecule is COCCCOCC(C)N. The average Bonchev–Trinajstić information content (AvgIpc) is 1.87. The summed E-state index contributed by atoms with van der Waals surface area (Å²) in [6.45, 7) is 4.08. The molecule has 3 heteroatoms. The number of ether oxygens (including phenoxy) is 2. The third-order valence-corrected chi connectivity index (χ3v) is 1.02. The van der Waals surface area contributed by atoms with Crippen LogP contribution in [0.1, 0.15) is 13.3 Å². The molecule has 0 fully saturated rings. The lowest BCUT2D eigenvalue weighted by molar-refractivity contribution is 0.0965. The fourth-order valence-electron chi connectivity index (χ4n) is 0.575. The minimum atomic E-state index is 0.141. The summed E-state index contributed by atoms with van der Waals surface area (Å²) >= 11 is 0. The minimum Gasteiger partial charge on any atom is -0.385 e. The molecule has 0 spiro atoms. The van der Waals surface area contributed by atoms with Crippen LogP contribution in [-0.2, 0) is 9.47 Å². The van der Waals surface area contributed by atoms with Crippen molar-refractivity contribution in [1.29, 1.82) is 0 Å². The van der Waals surface area contributed by atoms with Gasteiger partial charge in [0.25, 0.3) is 0 Å². The van der Waals surface area contributed by atoms with Crippen molar-refractivity contribution in [2.75, 3.05) is 26.9 Å². The molecule has 0 aliphatic rings. The third kappa shape index (κ3) is 7.88. The molecular weight excluding hydrogens is 130 g/mol. The fraction of sp³-hybridized carbons (Fsp3) is 1.00. The van der Waals surface area contributed by atoms with Crippen molar-refractivity contribution in [1.82, 2.24) is 0 Å². The maximum absolute atomic E-state index is 5.45. The molecule has 0 aliphatic heterocycles. The standard InChI is InChI=1S/C7H17NO2/c1-7(8)6-10-5-3-4-9-2/h7H,3-6,8H2,1-2H3. The smallest absolute Gasteiger partial charge is 0.0614 e. The Kier molecular flexibility index (Phi) is 6.91. The molecule has 0 aromatic rings. The lowest BCUT2D eigenvalue weighted by Gasteiger charge is -2.05. The zero-order valence-electron chi connectivity index (χ0n) is 6.80. The van der Waals surface area contributed by atoms with E-state index in [2.05, 4.69) is 0 Å². The summed E-state index contributed by atoms with van der Waals surface area (Å²) in [5.41, 5.74) is 5.45. The van der Waals surface area contributed by atoms with E-state index in [9.17, 15) is 0 Å². The molecule has 0 saturated heterocycles. The highest BCUT2D eigenvalue weighted by Gasteiger charge is 1.92. The first kappa shape index (κ1) is 9.88. The molecule has 1 atom stereocenters. The second kappa shape index (κ2) is 6.99. The van der Waals surface area contributed by atoms with Crippen LogP contribution in [0.3, 0.4) is 0 Å². The normalized spacial score (nSPS) is 13.5. The lowest BCUT2D eigenvalue weighted by atomic mass is 10.4. The van der Waals surface area contributed by atoms with Crippen molar-refractivity contribution in [3.8, 4) is 0 Å². The minimum absolute atomic E-state index is 0.141. The first-order valence-corrected chi connectivity index (χ1v) is 3.59. The zero-order chi connectivity index (χ0) is 7.82. The molecule has 10 heavy (non-hydrogen) atoms. The number of methoxy groups -OCH3 is 1. The first-order valence-electron chi connectivity index (χ1n) is 3.59. The molecule has 1 unspecified atom stereocenters. The van der Waals surface area contributed by atoms with Gasteiger partial charge in [-0.25, -0.2) is 0 Å². The number of hydrogen-bond donors (Lipinski definition) is 1. The maximum Gasteiger partial charge on any atom is 0.0614 e. The summed E-state index contributed by atoms with van der Waals surface area (Å²) in [6.07, 6.45) is 0.948. The van der Waals surface area contributed by atoms with Crippen LogP contribution in [0.5, 0.6) is 0 Å². The van der Waals surface area contributed by atoms with E-state index < -0.39 is 0 Å². The monoisotopic (exact) mass is 147 g/mol. The molecule has 62 valence electrons. The van der Waals surface area contributed by atoms with E-state index in [0.717, 1.165) is 19.6 Å². The van der Waals surface area contributed by atoms with Crippen molar-refractivity contribution in [3.05, 3.63) is 0 Å². The molecule has 0 amide bonds. The van der Waals surface area contributed by atoms with Crippen molar-refractivity contribution >= 4 is 0 Å². The molecule has 0 rings (SSSR count). The Morgan fingerprint density at radius 1 is 1.40 bits per heavy atom. The Morgan fingerprint density at radius 3 is 2.60 bits per heavy atom. The number of nitrogens with two attached hydrogens (primary N) is 1. The van der Waals surface area contributed by atoms with Crippen LogP contribution < -0.4 is 5.73 Å². The van der Waals surface area contributed by atoms with E-state index in [1.165, 1.54) is 0 Å². The average molecular weight is 147 g/mol. The molecule has 3 nitrogen and oxygen atoms in total. The van der Waals surface area contributed by atoms with E-state index in [0.29, 0.717) is 6.61 Å². The van der Waals surface area contributed by atoms with Gasteiger partial charge in [-0.3, -0.25) is 0 Å². The van der Waals surface area contributed by atoms with Crippen LogP contribution in [0.15, 0.2) is 0 Å². The molecule has 0 saturated carbocycles. The molecule has 0 heterocycles. The Morgan fingerprint density at radius 2 is 2.10 bits per heavy atom. The number of rotatable bonds is 6. The van der Waals surface area contributed by atoms with Gasteiger partial charge >= 0.3 is 0 Å². The van der Waals surface area contributed by atoms with Crippen molar-refractivity contribution in [3.63, 3.8) is 0 Å². The Labute approximate surface area is 62.5 Å². The maximum atomic E-state index is 5.45. The highest BCUT2D eigenvalue weighted by Crippen LogP contribution is 1.84. The van der Waals surface area contributed by atoms with Crippen LogP contribution >= 0.6 is 0 Å². The summed E-state index contributed by atoms with van der Waals surface area (Å²) in [5, 5.41) is 0. The van der Waals surface area contributed by atoms with Crippen LogP contribution in [0, 0.1) is 0 Å². The highest BCUT2D eigenvalue weighted by molar-refractivity contribution is 4.48. The first-order chi connectivity index (χ1) is 4.77. The van der Waals surface area contributed by atoms with Gasteiger partial charge in [-0.1, -0.05) is 0 Å². The Balaban J connectivity index is 2.77. The van der Waals surface area contributed by atoms with Crippen LogP contribution in [0.2, 0.25) is 0 Å². The van der Waals surface area contributed by atoms with Gasteiger partial charge in [0.2, 0.25) is 0 Å². The van der Waals surface area contributed by atoms with Gasteiger partial charge in [-0.15, -0.1) is 0 Å².